The van der Waals surface area contributed by atoms with Crippen LogP contribution in [0.3, 0.4) is 0 Å². The molecule has 0 spiro atoms. The van der Waals surface area contributed by atoms with Gasteiger partial charge in [-0.25, -0.2) is 0 Å². The van der Waals surface area contributed by atoms with Crippen molar-refractivity contribution in [3.8, 4) is 0 Å². The molecule has 0 aromatic carbocycles. The van der Waals surface area contributed by atoms with Crippen molar-refractivity contribution in [1.29, 1.82) is 0 Å². The summed E-state index contributed by atoms with van der Waals surface area (Å²) in [5.41, 5.74) is 0. The van der Waals surface area contributed by atoms with Crippen LogP contribution in [0, 0.1) is 0 Å². The van der Waals surface area contributed by atoms with Crippen molar-refractivity contribution in [3.05, 3.63) is 0 Å². The van der Waals surface area contributed by atoms with E-state index in [9.17, 15) is 0 Å². The van der Waals surface area contributed by atoms with Crippen LogP contribution >= 0.6 is 0 Å². The molecule has 2 unspecified atom stereocenters. The van der Waals surface area contributed by atoms with Gasteiger partial charge in [-0.05, 0) is 27.3 Å². The van der Waals surface area contributed by atoms with Crippen molar-refractivity contribution in [2.45, 2.75) is 32.4 Å². The second-order valence-electron chi connectivity index (χ2n) is 4.30. The van der Waals surface area contributed by atoms with Crippen LogP contribution in [-0.2, 0) is 9.47 Å². The van der Waals surface area contributed by atoms with E-state index in [0.29, 0.717) is 12.1 Å². The lowest BCUT2D eigenvalue weighted by Gasteiger charge is -2.30. The van der Waals surface area contributed by atoms with Gasteiger partial charge in [-0.3, -0.25) is 4.90 Å². The maximum atomic E-state index is 5.14. The predicted octanol–water partition coefficient (Wildman–Crippen LogP) is 0.968. The number of hydrogen-bond donors (Lipinski definition) is 1. The molecule has 0 amide bonds. The quantitative estimate of drug-likeness (QED) is 0.608. The molecule has 4 heteroatoms. The largest absolute Gasteiger partial charge is 0.383 e. The van der Waals surface area contributed by atoms with Gasteiger partial charge in [-0.15, -0.1) is 0 Å². The van der Waals surface area contributed by atoms with Gasteiger partial charge in [-0.2, -0.15) is 0 Å². The Balaban J connectivity index is 4.02. The minimum Gasteiger partial charge on any atom is -0.383 e. The third-order valence-corrected chi connectivity index (χ3v) is 2.98. The SMILES string of the molecule is CNC(C)CC(C)N(CCOC)CCOC. The smallest absolute Gasteiger partial charge is 0.0589 e. The van der Waals surface area contributed by atoms with Gasteiger partial charge in [0.05, 0.1) is 13.2 Å². The zero-order valence-electron chi connectivity index (χ0n) is 11.5. The zero-order chi connectivity index (χ0) is 12.4. The molecule has 0 saturated heterocycles. The summed E-state index contributed by atoms with van der Waals surface area (Å²) in [4.78, 5) is 2.42. The van der Waals surface area contributed by atoms with Gasteiger partial charge in [0.15, 0.2) is 0 Å². The summed E-state index contributed by atoms with van der Waals surface area (Å²) >= 11 is 0. The van der Waals surface area contributed by atoms with Crippen LogP contribution in [0.5, 0.6) is 0 Å². The molecule has 0 heterocycles. The standard InChI is InChI=1S/C12H28N2O2/c1-11(13-3)10-12(2)14(6-8-15-4)7-9-16-5/h11-13H,6-10H2,1-5H3. The summed E-state index contributed by atoms with van der Waals surface area (Å²) in [5.74, 6) is 0. The van der Waals surface area contributed by atoms with Gasteiger partial charge in [-0.1, -0.05) is 0 Å². The summed E-state index contributed by atoms with van der Waals surface area (Å²) in [6.45, 7) is 7.97. The molecule has 2 atom stereocenters. The molecular weight excluding hydrogens is 204 g/mol. The van der Waals surface area contributed by atoms with Crippen LogP contribution in [0.1, 0.15) is 20.3 Å². The van der Waals surface area contributed by atoms with Crippen molar-refractivity contribution in [1.82, 2.24) is 10.2 Å². The lowest BCUT2D eigenvalue weighted by atomic mass is 10.1. The first kappa shape index (κ1) is 15.8. The van der Waals surface area contributed by atoms with Crippen LogP contribution in [0.4, 0.5) is 0 Å². The lowest BCUT2D eigenvalue weighted by molar-refractivity contribution is 0.0868. The Morgan fingerprint density at radius 3 is 1.94 bits per heavy atom. The highest BCUT2D eigenvalue weighted by Gasteiger charge is 2.15. The maximum absolute atomic E-state index is 5.14. The Bertz CT molecular complexity index is 148. The molecule has 4 nitrogen and oxygen atoms in total. The summed E-state index contributed by atoms with van der Waals surface area (Å²) in [6, 6.07) is 1.09. The highest BCUT2D eigenvalue weighted by molar-refractivity contribution is 4.72. The van der Waals surface area contributed by atoms with E-state index < -0.39 is 0 Å². The van der Waals surface area contributed by atoms with E-state index >= 15 is 0 Å². The molecule has 0 radical (unpaired) electrons. The molecule has 0 aliphatic carbocycles. The topological polar surface area (TPSA) is 33.7 Å². The van der Waals surface area contributed by atoms with E-state index in [0.717, 1.165) is 32.7 Å². The van der Waals surface area contributed by atoms with Gasteiger partial charge in [0.1, 0.15) is 0 Å². The van der Waals surface area contributed by atoms with Crippen molar-refractivity contribution >= 4 is 0 Å². The molecule has 98 valence electrons. The van der Waals surface area contributed by atoms with E-state index in [1.807, 2.05) is 7.05 Å². The van der Waals surface area contributed by atoms with Crippen LogP contribution in [0.15, 0.2) is 0 Å². The Morgan fingerprint density at radius 2 is 1.56 bits per heavy atom. The van der Waals surface area contributed by atoms with Gasteiger partial charge < -0.3 is 14.8 Å². The number of nitrogens with zero attached hydrogens (tertiary/aromatic N) is 1. The Hall–Kier alpha value is -0.160. The molecule has 0 aliphatic rings. The highest BCUT2D eigenvalue weighted by Crippen LogP contribution is 2.06. The van der Waals surface area contributed by atoms with E-state index in [1.165, 1.54) is 0 Å². The molecule has 0 fully saturated rings. The molecule has 0 saturated carbocycles. The Labute approximate surface area is 100 Å². The first-order valence-electron chi connectivity index (χ1n) is 6.04. The van der Waals surface area contributed by atoms with Gasteiger partial charge in [0, 0.05) is 39.4 Å². The van der Waals surface area contributed by atoms with Crippen LogP contribution < -0.4 is 5.32 Å². The molecular formula is C12H28N2O2. The minimum absolute atomic E-state index is 0.544. The van der Waals surface area contributed by atoms with Crippen LogP contribution in [0.25, 0.3) is 0 Å². The second-order valence-corrected chi connectivity index (χ2v) is 4.30. The number of rotatable bonds is 10. The van der Waals surface area contributed by atoms with Crippen molar-refractivity contribution in [3.63, 3.8) is 0 Å². The van der Waals surface area contributed by atoms with Crippen LogP contribution in [0.2, 0.25) is 0 Å². The molecule has 16 heavy (non-hydrogen) atoms. The average molecular weight is 232 g/mol. The molecule has 0 aliphatic heterocycles. The van der Waals surface area contributed by atoms with Gasteiger partial charge >= 0.3 is 0 Å². The highest BCUT2D eigenvalue weighted by atomic mass is 16.5. The van der Waals surface area contributed by atoms with Gasteiger partial charge in [0.2, 0.25) is 0 Å². The third-order valence-electron chi connectivity index (χ3n) is 2.98. The Kier molecular flexibility index (Phi) is 9.92. The second kappa shape index (κ2) is 10.0. The van der Waals surface area contributed by atoms with Crippen molar-refractivity contribution < 1.29 is 9.47 Å². The summed E-state index contributed by atoms with van der Waals surface area (Å²) in [6.07, 6.45) is 1.14. The van der Waals surface area contributed by atoms with E-state index in [-0.39, 0.29) is 0 Å². The number of ether oxygens (including phenoxy) is 2. The number of nitrogens with one attached hydrogen (secondary N) is 1. The fourth-order valence-electron chi connectivity index (χ4n) is 1.75. The average Bonchev–Trinajstić information content (AvgIpc) is 2.28. The van der Waals surface area contributed by atoms with Crippen molar-refractivity contribution in [2.24, 2.45) is 0 Å². The van der Waals surface area contributed by atoms with Crippen LogP contribution in [-0.4, -0.2) is 64.6 Å². The Morgan fingerprint density at radius 1 is 1.06 bits per heavy atom. The first-order chi connectivity index (χ1) is 7.65. The fraction of sp³-hybridized carbons (Fsp3) is 1.00. The van der Waals surface area contributed by atoms with E-state index in [1.54, 1.807) is 14.2 Å². The predicted molar refractivity (Wildman–Crippen MR) is 67.9 cm³/mol. The molecule has 0 bridgehead atoms. The minimum atomic E-state index is 0.544. The van der Waals surface area contributed by atoms with Crippen molar-refractivity contribution in [2.75, 3.05) is 47.6 Å². The molecule has 0 aromatic heterocycles. The number of methoxy groups -OCH3 is 2. The number of hydrogen-bond acceptors (Lipinski definition) is 4. The molecule has 0 aromatic rings. The maximum Gasteiger partial charge on any atom is 0.0589 e. The first-order valence-corrected chi connectivity index (χ1v) is 6.04. The van der Waals surface area contributed by atoms with E-state index in [4.69, 9.17) is 9.47 Å². The lowest BCUT2D eigenvalue weighted by Crippen LogP contribution is -2.41. The zero-order valence-corrected chi connectivity index (χ0v) is 11.5. The molecule has 1 N–H and O–H groups in total. The fourth-order valence-corrected chi connectivity index (χ4v) is 1.75. The normalized spacial score (nSPS) is 15.4. The monoisotopic (exact) mass is 232 g/mol. The summed E-state index contributed by atoms with van der Waals surface area (Å²) in [7, 11) is 5.50. The van der Waals surface area contributed by atoms with E-state index in [2.05, 4.69) is 24.1 Å². The summed E-state index contributed by atoms with van der Waals surface area (Å²) < 4.78 is 10.3. The summed E-state index contributed by atoms with van der Waals surface area (Å²) in [5, 5.41) is 3.27. The van der Waals surface area contributed by atoms with Gasteiger partial charge in [0.25, 0.3) is 0 Å². The molecule has 0 rings (SSSR count). The third kappa shape index (κ3) is 7.17.